The molecule has 3 N–H and O–H groups in total. The second kappa shape index (κ2) is 5.22. The predicted molar refractivity (Wildman–Crippen MR) is 69.3 cm³/mol. The highest BCUT2D eigenvalue weighted by Crippen LogP contribution is 2.22. The molecule has 0 saturated heterocycles. The average molecular weight is 246 g/mol. The van der Waals surface area contributed by atoms with Gasteiger partial charge in [0.25, 0.3) is 0 Å². The summed E-state index contributed by atoms with van der Waals surface area (Å²) in [7, 11) is 3.14. The van der Waals surface area contributed by atoms with Gasteiger partial charge in [0, 0.05) is 17.8 Å². The van der Waals surface area contributed by atoms with Gasteiger partial charge in [0.2, 0.25) is 11.8 Å². The van der Waals surface area contributed by atoms with Gasteiger partial charge in [0.05, 0.1) is 14.2 Å². The minimum atomic E-state index is 0.153. The van der Waals surface area contributed by atoms with Crippen molar-refractivity contribution >= 4 is 17.5 Å². The fourth-order valence-electron chi connectivity index (χ4n) is 1.46. The van der Waals surface area contributed by atoms with Gasteiger partial charge in [-0.3, -0.25) is 0 Å². The van der Waals surface area contributed by atoms with Crippen molar-refractivity contribution < 1.29 is 9.47 Å². The Morgan fingerprint density at radius 3 is 2.67 bits per heavy atom. The molecule has 0 aliphatic rings. The molecule has 0 atom stereocenters. The molecule has 0 spiro atoms. The second-order valence-electron chi connectivity index (χ2n) is 3.51. The maximum absolute atomic E-state index is 5.58. The number of anilines is 3. The van der Waals surface area contributed by atoms with E-state index in [1.807, 2.05) is 24.3 Å². The molecular weight excluding hydrogens is 232 g/mol. The number of hydrogen-bond acceptors (Lipinski definition) is 6. The summed E-state index contributed by atoms with van der Waals surface area (Å²) in [6.45, 7) is 0. The summed E-state index contributed by atoms with van der Waals surface area (Å²) >= 11 is 0. The minimum absolute atomic E-state index is 0.153. The van der Waals surface area contributed by atoms with E-state index in [9.17, 15) is 0 Å². The molecule has 2 aromatic rings. The summed E-state index contributed by atoms with van der Waals surface area (Å²) < 4.78 is 10.2. The monoisotopic (exact) mass is 246 g/mol. The van der Waals surface area contributed by atoms with E-state index >= 15 is 0 Å². The van der Waals surface area contributed by atoms with Gasteiger partial charge in [-0.15, -0.1) is 0 Å². The Morgan fingerprint density at radius 1 is 1.11 bits per heavy atom. The van der Waals surface area contributed by atoms with E-state index in [1.165, 1.54) is 7.11 Å². The Kier molecular flexibility index (Phi) is 3.47. The molecule has 1 heterocycles. The zero-order chi connectivity index (χ0) is 13.0. The van der Waals surface area contributed by atoms with Crippen molar-refractivity contribution in [1.82, 2.24) is 9.97 Å². The zero-order valence-electron chi connectivity index (χ0n) is 10.2. The average Bonchev–Trinajstić information content (AvgIpc) is 2.38. The number of hydrogen-bond donors (Lipinski definition) is 2. The first-order valence-electron chi connectivity index (χ1n) is 5.31. The van der Waals surface area contributed by atoms with E-state index in [4.69, 9.17) is 15.2 Å². The number of nitrogens with zero attached hydrogens (tertiary/aromatic N) is 2. The third-order valence-corrected chi connectivity index (χ3v) is 2.27. The van der Waals surface area contributed by atoms with Gasteiger partial charge in [-0.2, -0.15) is 9.97 Å². The van der Waals surface area contributed by atoms with Crippen LogP contribution in [0.4, 0.5) is 17.5 Å². The molecule has 1 aromatic heterocycles. The van der Waals surface area contributed by atoms with Crippen LogP contribution in [0.2, 0.25) is 0 Å². The maximum Gasteiger partial charge on any atom is 0.225 e. The van der Waals surface area contributed by atoms with Gasteiger partial charge in [-0.1, -0.05) is 6.07 Å². The van der Waals surface area contributed by atoms with Crippen LogP contribution in [0.3, 0.4) is 0 Å². The number of rotatable bonds is 4. The fraction of sp³-hybridized carbons (Fsp3) is 0.167. The second-order valence-corrected chi connectivity index (χ2v) is 3.51. The van der Waals surface area contributed by atoms with E-state index in [0.29, 0.717) is 11.7 Å². The number of ether oxygens (including phenoxy) is 2. The topological polar surface area (TPSA) is 82.3 Å². The van der Waals surface area contributed by atoms with Crippen LogP contribution >= 0.6 is 0 Å². The molecule has 0 saturated carbocycles. The van der Waals surface area contributed by atoms with Crippen LogP contribution in [0, 0.1) is 0 Å². The van der Waals surface area contributed by atoms with E-state index in [-0.39, 0.29) is 5.95 Å². The standard InChI is InChI=1S/C12H14N4O2/c1-17-9-5-3-4-8(6-9)14-10-7-11(18-2)16-12(13)15-10/h3-7H,1-2H3,(H3,13,14,15,16). The predicted octanol–water partition coefficient (Wildman–Crippen LogP) is 1.82. The fourth-order valence-corrected chi connectivity index (χ4v) is 1.46. The molecular formula is C12H14N4O2. The van der Waals surface area contributed by atoms with Gasteiger partial charge in [-0.25, -0.2) is 0 Å². The number of nitrogen functional groups attached to an aromatic ring is 1. The van der Waals surface area contributed by atoms with Crippen LogP contribution in [0.5, 0.6) is 11.6 Å². The lowest BCUT2D eigenvalue weighted by Gasteiger charge is -2.08. The summed E-state index contributed by atoms with van der Waals surface area (Å²) in [5.41, 5.74) is 6.42. The summed E-state index contributed by atoms with van der Waals surface area (Å²) in [6.07, 6.45) is 0. The van der Waals surface area contributed by atoms with E-state index in [2.05, 4.69) is 15.3 Å². The first-order chi connectivity index (χ1) is 8.71. The van der Waals surface area contributed by atoms with Crippen molar-refractivity contribution in [3.63, 3.8) is 0 Å². The van der Waals surface area contributed by atoms with Crippen LogP contribution in [0.1, 0.15) is 0 Å². The SMILES string of the molecule is COc1cccc(Nc2cc(OC)nc(N)n2)c1. The summed E-state index contributed by atoms with van der Waals surface area (Å²) in [4.78, 5) is 7.97. The van der Waals surface area contributed by atoms with Crippen LogP contribution in [-0.4, -0.2) is 24.2 Å². The highest BCUT2D eigenvalue weighted by molar-refractivity contribution is 5.59. The molecule has 0 amide bonds. The first-order valence-corrected chi connectivity index (χ1v) is 5.31. The van der Waals surface area contributed by atoms with Crippen LogP contribution < -0.4 is 20.5 Å². The maximum atomic E-state index is 5.58. The Labute approximate surface area is 105 Å². The van der Waals surface area contributed by atoms with Crippen LogP contribution in [0.15, 0.2) is 30.3 Å². The van der Waals surface area contributed by atoms with Crippen molar-refractivity contribution in [2.75, 3.05) is 25.3 Å². The smallest absolute Gasteiger partial charge is 0.225 e. The third-order valence-electron chi connectivity index (χ3n) is 2.27. The molecule has 18 heavy (non-hydrogen) atoms. The molecule has 6 heteroatoms. The molecule has 1 aromatic carbocycles. The van der Waals surface area contributed by atoms with Crippen molar-refractivity contribution in [3.8, 4) is 11.6 Å². The third kappa shape index (κ3) is 2.79. The summed E-state index contributed by atoms with van der Waals surface area (Å²) in [5, 5.41) is 3.10. The van der Waals surface area contributed by atoms with Gasteiger partial charge >= 0.3 is 0 Å². The van der Waals surface area contributed by atoms with Crippen molar-refractivity contribution in [3.05, 3.63) is 30.3 Å². The molecule has 0 aliphatic carbocycles. The Hall–Kier alpha value is -2.50. The van der Waals surface area contributed by atoms with Crippen LogP contribution in [-0.2, 0) is 0 Å². The first kappa shape index (κ1) is 12.0. The number of aromatic nitrogens is 2. The Balaban J connectivity index is 2.24. The molecule has 0 aliphatic heterocycles. The molecule has 0 radical (unpaired) electrons. The molecule has 6 nitrogen and oxygen atoms in total. The van der Waals surface area contributed by atoms with Gasteiger partial charge in [0.1, 0.15) is 11.6 Å². The van der Waals surface area contributed by atoms with Gasteiger partial charge < -0.3 is 20.5 Å². The molecule has 2 rings (SSSR count). The largest absolute Gasteiger partial charge is 0.497 e. The number of benzene rings is 1. The Bertz CT molecular complexity index is 545. The van der Waals surface area contributed by atoms with E-state index in [0.717, 1.165) is 11.4 Å². The van der Waals surface area contributed by atoms with Crippen molar-refractivity contribution in [2.45, 2.75) is 0 Å². The summed E-state index contributed by atoms with van der Waals surface area (Å²) in [5.74, 6) is 1.88. The van der Waals surface area contributed by atoms with Crippen molar-refractivity contribution in [2.24, 2.45) is 0 Å². The highest BCUT2D eigenvalue weighted by atomic mass is 16.5. The highest BCUT2D eigenvalue weighted by Gasteiger charge is 2.03. The number of nitrogens with one attached hydrogen (secondary N) is 1. The summed E-state index contributed by atoms with van der Waals surface area (Å²) in [6, 6.07) is 9.15. The van der Waals surface area contributed by atoms with Crippen LogP contribution in [0.25, 0.3) is 0 Å². The molecule has 0 fully saturated rings. The molecule has 0 unspecified atom stereocenters. The zero-order valence-corrected chi connectivity index (χ0v) is 10.2. The minimum Gasteiger partial charge on any atom is -0.497 e. The van der Waals surface area contributed by atoms with E-state index < -0.39 is 0 Å². The number of methoxy groups -OCH3 is 2. The molecule has 94 valence electrons. The normalized spacial score (nSPS) is 9.89. The Morgan fingerprint density at radius 2 is 1.94 bits per heavy atom. The van der Waals surface area contributed by atoms with Gasteiger partial charge in [0.15, 0.2) is 0 Å². The van der Waals surface area contributed by atoms with Gasteiger partial charge in [-0.05, 0) is 12.1 Å². The quantitative estimate of drug-likeness (QED) is 0.856. The van der Waals surface area contributed by atoms with E-state index in [1.54, 1.807) is 13.2 Å². The lowest BCUT2D eigenvalue weighted by molar-refractivity contribution is 0.398. The lowest BCUT2D eigenvalue weighted by atomic mass is 10.3. The molecule has 0 bridgehead atoms. The van der Waals surface area contributed by atoms with Crippen molar-refractivity contribution in [1.29, 1.82) is 0 Å². The lowest BCUT2D eigenvalue weighted by Crippen LogP contribution is -2.01. The number of nitrogens with two attached hydrogens (primary N) is 1.